The van der Waals surface area contributed by atoms with Crippen LogP contribution in [0.3, 0.4) is 0 Å². The van der Waals surface area contributed by atoms with Crippen molar-refractivity contribution >= 4 is 23.8 Å². The molecule has 0 spiro atoms. The van der Waals surface area contributed by atoms with Crippen molar-refractivity contribution in [2.45, 2.75) is 90.6 Å². The summed E-state index contributed by atoms with van der Waals surface area (Å²) in [5.74, 6) is -0.773. The van der Waals surface area contributed by atoms with E-state index in [9.17, 15) is 24.3 Å². The molecule has 1 rings (SSSR count). The SMILES string of the molecule is CCCC[C@H](C=O)CC=C[C@H]1CCC(=O)[C@@H]1CCCCCC(=O)C(O)C(=O)OCC. The molecule has 1 fully saturated rings. The van der Waals surface area contributed by atoms with Gasteiger partial charge in [0.1, 0.15) is 12.1 Å². The summed E-state index contributed by atoms with van der Waals surface area (Å²) in [6, 6.07) is 0. The lowest BCUT2D eigenvalue weighted by molar-refractivity contribution is -0.157. The Kier molecular flexibility index (Phi) is 13.2. The Labute approximate surface area is 180 Å². The van der Waals surface area contributed by atoms with Gasteiger partial charge in [0.05, 0.1) is 6.61 Å². The number of aldehydes is 1. The molecule has 0 saturated heterocycles. The molecule has 0 aromatic heterocycles. The highest BCUT2D eigenvalue weighted by atomic mass is 16.5. The number of hydrogen-bond acceptors (Lipinski definition) is 6. The van der Waals surface area contributed by atoms with Crippen LogP contribution >= 0.6 is 0 Å². The first kappa shape index (κ1) is 26.2. The minimum Gasteiger partial charge on any atom is -0.464 e. The van der Waals surface area contributed by atoms with E-state index < -0.39 is 17.9 Å². The average Bonchev–Trinajstić information content (AvgIpc) is 3.09. The van der Waals surface area contributed by atoms with Gasteiger partial charge in [0.25, 0.3) is 0 Å². The Morgan fingerprint density at radius 2 is 1.97 bits per heavy atom. The van der Waals surface area contributed by atoms with Crippen LogP contribution < -0.4 is 0 Å². The number of hydrogen-bond donors (Lipinski definition) is 1. The van der Waals surface area contributed by atoms with Crippen LogP contribution in [-0.4, -0.2) is 41.6 Å². The zero-order valence-electron chi connectivity index (χ0n) is 18.5. The second-order valence-corrected chi connectivity index (χ2v) is 8.20. The van der Waals surface area contributed by atoms with E-state index in [1.807, 2.05) is 0 Å². The second kappa shape index (κ2) is 15.1. The number of ketones is 2. The highest BCUT2D eigenvalue weighted by Crippen LogP contribution is 2.34. The van der Waals surface area contributed by atoms with Crippen LogP contribution in [0, 0.1) is 17.8 Å². The van der Waals surface area contributed by atoms with E-state index >= 15 is 0 Å². The van der Waals surface area contributed by atoms with Gasteiger partial charge < -0.3 is 14.6 Å². The minimum atomic E-state index is -1.69. The molecule has 0 aliphatic heterocycles. The van der Waals surface area contributed by atoms with Crippen molar-refractivity contribution in [1.82, 2.24) is 0 Å². The quantitative estimate of drug-likeness (QED) is 0.133. The fourth-order valence-electron chi connectivity index (χ4n) is 4.01. The van der Waals surface area contributed by atoms with Gasteiger partial charge in [-0.05, 0) is 44.9 Å². The number of carbonyl (C=O) groups is 4. The fourth-order valence-corrected chi connectivity index (χ4v) is 4.01. The van der Waals surface area contributed by atoms with Crippen molar-refractivity contribution in [2.75, 3.05) is 6.61 Å². The predicted octanol–water partition coefficient (Wildman–Crippen LogP) is 3.98. The van der Waals surface area contributed by atoms with Gasteiger partial charge in [0.15, 0.2) is 5.78 Å². The molecule has 0 bridgehead atoms. The zero-order valence-corrected chi connectivity index (χ0v) is 18.5. The molecule has 30 heavy (non-hydrogen) atoms. The first-order valence-corrected chi connectivity index (χ1v) is 11.5. The molecule has 0 aromatic rings. The molecule has 1 aliphatic carbocycles. The Bertz CT molecular complexity index is 582. The van der Waals surface area contributed by atoms with Gasteiger partial charge in [0, 0.05) is 24.7 Å². The smallest absolute Gasteiger partial charge is 0.342 e. The van der Waals surface area contributed by atoms with Crippen LogP contribution in [0.2, 0.25) is 0 Å². The maximum Gasteiger partial charge on any atom is 0.342 e. The Morgan fingerprint density at radius 1 is 1.20 bits per heavy atom. The van der Waals surface area contributed by atoms with Gasteiger partial charge in [0.2, 0.25) is 6.10 Å². The molecule has 1 saturated carbocycles. The highest BCUT2D eigenvalue weighted by molar-refractivity contribution is 6.01. The third-order valence-electron chi connectivity index (χ3n) is 5.85. The van der Waals surface area contributed by atoms with Gasteiger partial charge in [-0.25, -0.2) is 4.79 Å². The summed E-state index contributed by atoms with van der Waals surface area (Å²) in [6.07, 6.45) is 11.9. The summed E-state index contributed by atoms with van der Waals surface area (Å²) in [6.45, 7) is 3.86. The lowest BCUT2D eigenvalue weighted by Gasteiger charge is -2.15. The predicted molar refractivity (Wildman–Crippen MR) is 115 cm³/mol. The Morgan fingerprint density at radius 3 is 2.63 bits per heavy atom. The third kappa shape index (κ3) is 9.33. The summed E-state index contributed by atoms with van der Waals surface area (Å²) >= 11 is 0. The zero-order chi connectivity index (χ0) is 22.4. The van der Waals surface area contributed by atoms with Crippen LogP contribution in [0.1, 0.15) is 84.5 Å². The van der Waals surface area contributed by atoms with Crippen molar-refractivity contribution in [3.8, 4) is 0 Å². The van der Waals surface area contributed by atoms with Gasteiger partial charge in [-0.1, -0.05) is 44.8 Å². The molecule has 1 unspecified atom stereocenters. The standard InChI is InChI=1S/C24H38O6/c1-3-5-10-18(17-25)11-9-12-19-15-16-21(26)20(19)13-7-6-8-14-22(27)23(28)24(29)30-4-2/h9,12,17-20,23,28H,3-8,10-11,13-16H2,1-2H3/t18-,19-,20+,23?/m0/s1. The van der Waals surface area contributed by atoms with Crippen LogP contribution in [-0.2, 0) is 23.9 Å². The minimum absolute atomic E-state index is 0.0207. The van der Waals surface area contributed by atoms with Crippen LogP contribution in [0.25, 0.3) is 0 Å². The average molecular weight is 423 g/mol. The van der Waals surface area contributed by atoms with Crippen molar-refractivity contribution in [3.63, 3.8) is 0 Å². The molecule has 170 valence electrons. The highest BCUT2D eigenvalue weighted by Gasteiger charge is 2.32. The number of Topliss-reactive ketones (excluding diaryl/α,β-unsaturated/α-hetero) is 2. The lowest BCUT2D eigenvalue weighted by atomic mass is 9.89. The topological polar surface area (TPSA) is 97.7 Å². The first-order chi connectivity index (χ1) is 14.4. The number of aliphatic hydroxyl groups is 1. The van der Waals surface area contributed by atoms with Gasteiger partial charge in [-0.3, -0.25) is 9.59 Å². The molecule has 1 N–H and O–H groups in total. The molecular formula is C24H38O6. The molecular weight excluding hydrogens is 384 g/mol. The number of unbranched alkanes of at least 4 members (excludes halogenated alkanes) is 3. The van der Waals surface area contributed by atoms with Crippen LogP contribution in [0.15, 0.2) is 12.2 Å². The molecule has 0 amide bonds. The molecule has 6 heteroatoms. The molecule has 4 atom stereocenters. The maximum atomic E-state index is 12.2. The van der Waals surface area contributed by atoms with E-state index in [-0.39, 0.29) is 30.8 Å². The molecule has 6 nitrogen and oxygen atoms in total. The second-order valence-electron chi connectivity index (χ2n) is 8.20. The van der Waals surface area contributed by atoms with Crippen molar-refractivity contribution in [2.24, 2.45) is 17.8 Å². The molecule has 0 heterocycles. The van der Waals surface area contributed by atoms with E-state index in [1.165, 1.54) is 0 Å². The van der Waals surface area contributed by atoms with Gasteiger partial charge in [-0.2, -0.15) is 0 Å². The summed E-state index contributed by atoms with van der Waals surface area (Å²) in [4.78, 5) is 46.6. The van der Waals surface area contributed by atoms with Crippen LogP contribution in [0.4, 0.5) is 0 Å². The Hall–Kier alpha value is -1.82. The Balaban J connectivity index is 2.34. The summed E-state index contributed by atoms with van der Waals surface area (Å²) in [5.41, 5.74) is 0. The maximum absolute atomic E-state index is 12.2. The lowest BCUT2D eigenvalue weighted by Crippen LogP contribution is -2.31. The van der Waals surface area contributed by atoms with Gasteiger partial charge >= 0.3 is 5.97 Å². The number of aliphatic hydroxyl groups excluding tert-OH is 1. The monoisotopic (exact) mass is 422 g/mol. The largest absolute Gasteiger partial charge is 0.464 e. The third-order valence-corrected chi connectivity index (χ3v) is 5.85. The van der Waals surface area contributed by atoms with E-state index in [4.69, 9.17) is 0 Å². The van der Waals surface area contributed by atoms with E-state index in [0.29, 0.717) is 18.6 Å². The normalized spacial score (nSPS) is 21.0. The number of rotatable bonds is 16. The van der Waals surface area contributed by atoms with Crippen molar-refractivity contribution < 1.29 is 29.0 Å². The van der Waals surface area contributed by atoms with Crippen LogP contribution in [0.5, 0.6) is 0 Å². The number of carbonyl (C=O) groups excluding carboxylic acids is 4. The summed E-state index contributed by atoms with van der Waals surface area (Å²) in [5, 5.41) is 9.60. The van der Waals surface area contributed by atoms with E-state index in [0.717, 1.165) is 57.7 Å². The molecule has 0 radical (unpaired) electrons. The number of ether oxygens (including phenoxy) is 1. The van der Waals surface area contributed by atoms with E-state index in [1.54, 1.807) is 6.92 Å². The fraction of sp³-hybridized carbons (Fsp3) is 0.750. The van der Waals surface area contributed by atoms with Crippen molar-refractivity contribution in [3.05, 3.63) is 12.2 Å². The summed E-state index contributed by atoms with van der Waals surface area (Å²) < 4.78 is 4.64. The first-order valence-electron chi connectivity index (χ1n) is 11.5. The van der Waals surface area contributed by atoms with E-state index in [2.05, 4.69) is 23.8 Å². The number of allylic oxidation sites excluding steroid dienone is 2. The van der Waals surface area contributed by atoms with Gasteiger partial charge in [-0.15, -0.1) is 0 Å². The number of esters is 1. The molecule has 1 aliphatic rings. The molecule has 0 aromatic carbocycles. The van der Waals surface area contributed by atoms with Crippen molar-refractivity contribution in [1.29, 1.82) is 0 Å². The summed E-state index contributed by atoms with van der Waals surface area (Å²) in [7, 11) is 0.